The summed E-state index contributed by atoms with van der Waals surface area (Å²) in [6.45, 7) is 0. The third-order valence-electron chi connectivity index (χ3n) is 2.91. The molecule has 0 unspecified atom stereocenters. The van der Waals surface area contributed by atoms with E-state index in [4.69, 9.17) is 17.4 Å². The number of nitrogens with two attached hydrogens (primary N) is 1. The van der Waals surface area contributed by atoms with Crippen molar-refractivity contribution in [3.05, 3.63) is 52.0 Å². The predicted molar refractivity (Wildman–Crippen MR) is 85.5 cm³/mol. The van der Waals surface area contributed by atoms with Crippen LogP contribution in [0.1, 0.15) is 0 Å². The van der Waals surface area contributed by atoms with E-state index in [-0.39, 0.29) is 0 Å². The van der Waals surface area contributed by atoms with Crippen LogP contribution in [0, 0.1) is 0 Å². The molecule has 100 valence electrons. The monoisotopic (exact) mass is 348 g/mol. The Balaban J connectivity index is 2.29. The lowest BCUT2D eigenvalue weighted by Gasteiger charge is -2.09. The van der Waals surface area contributed by atoms with Gasteiger partial charge in [-0.15, -0.1) is 0 Å². The van der Waals surface area contributed by atoms with Gasteiger partial charge in [-0.1, -0.05) is 39.7 Å². The van der Waals surface area contributed by atoms with E-state index in [1.165, 1.54) is 0 Å². The van der Waals surface area contributed by atoms with Crippen molar-refractivity contribution in [3.8, 4) is 11.4 Å². The number of nitrogens with zero attached hydrogens (tertiary/aromatic N) is 2. The highest BCUT2D eigenvalue weighted by molar-refractivity contribution is 9.10. The van der Waals surface area contributed by atoms with Crippen molar-refractivity contribution in [1.82, 2.24) is 9.97 Å². The van der Waals surface area contributed by atoms with Crippen molar-refractivity contribution < 1.29 is 0 Å². The number of aromatic nitrogens is 2. The van der Waals surface area contributed by atoms with Gasteiger partial charge in [0.15, 0.2) is 11.6 Å². The number of hydrazine groups is 1. The first kappa shape index (κ1) is 13.3. The molecule has 0 bridgehead atoms. The smallest absolute Gasteiger partial charge is 0.163 e. The minimum atomic E-state index is 0.531. The number of fused-ring (bicyclic) bond motifs is 1. The number of para-hydroxylation sites is 1. The average molecular weight is 350 g/mol. The van der Waals surface area contributed by atoms with Crippen molar-refractivity contribution >= 4 is 44.3 Å². The molecular formula is C14H10BrClN4. The number of benzene rings is 2. The van der Waals surface area contributed by atoms with Crippen molar-refractivity contribution in [2.75, 3.05) is 5.43 Å². The second-order valence-corrected chi connectivity index (χ2v) is 5.50. The minimum Gasteiger partial charge on any atom is -0.308 e. The van der Waals surface area contributed by atoms with E-state index in [2.05, 4.69) is 31.3 Å². The second-order valence-electron chi connectivity index (χ2n) is 4.18. The molecule has 20 heavy (non-hydrogen) atoms. The lowest BCUT2D eigenvalue weighted by atomic mass is 10.2. The Morgan fingerprint density at radius 3 is 2.70 bits per heavy atom. The molecule has 0 spiro atoms. The highest BCUT2D eigenvalue weighted by atomic mass is 79.9. The molecule has 0 saturated carbocycles. The highest BCUT2D eigenvalue weighted by Crippen LogP contribution is 2.31. The summed E-state index contributed by atoms with van der Waals surface area (Å²) in [5.41, 5.74) is 4.17. The molecule has 2 aromatic carbocycles. The SMILES string of the molecule is NNc1nc(-c2cc(Br)ccc2Cl)nc2ccccc12. The van der Waals surface area contributed by atoms with Crippen LogP contribution in [0.4, 0.5) is 5.82 Å². The average Bonchev–Trinajstić information content (AvgIpc) is 2.48. The zero-order valence-electron chi connectivity index (χ0n) is 10.3. The summed E-state index contributed by atoms with van der Waals surface area (Å²) in [6.07, 6.45) is 0. The molecular weight excluding hydrogens is 340 g/mol. The molecule has 0 saturated heterocycles. The summed E-state index contributed by atoms with van der Waals surface area (Å²) in [6, 6.07) is 13.2. The lowest BCUT2D eigenvalue weighted by Crippen LogP contribution is -2.10. The quantitative estimate of drug-likeness (QED) is 0.542. The van der Waals surface area contributed by atoms with E-state index < -0.39 is 0 Å². The number of nitrogen functional groups attached to an aromatic ring is 1. The van der Waals surface area contributed by atoms with E-state index in [0.717, 1.165) is 20.9 Å². The fraction of sp³-hybridized carbons (Fsp3) is 0. The van der Waals surface area contributed by atoms with Gasteiger partial charge in [-0.3, -0.25) is 0 Å². The third kappa shape index (κ3) is 2.35. The summed E-state index contributed by atoms with van der Waals surface area (Å²) in [4.78, 5) is 8.98. The molecule has 1 aromatic heterocycles. The zero-order valence-corrected chi connectivity index (χ0v) is 12.6. The van der Waals surface area contributed by atoms with Crippen LogP contribution < -0.4 is 11.3 Å². The standard InChI is InChI=1S/C14H10BrClN4/c15-8-5-6-11(16)10(7-8)13-18-12-4-2-1-3-9(12)14(19-13)20-17/h1-7H,17H2,(H,18,19,20). The number of hydrogen-bond acceptors (Lipinski definition) is 4. The van der Waals surface area contributed by atoms with Gasteiger partial charge in [-0.25, -0.2) is 15.8 Å². The Hall–Kier alpha value is -1.69. The summed E-state index contributed by atoms with van der Waals surface area (Å²) in [7, 11) is 0. The van der Waals surface area contributed by atoms with Gasteiger partial charge in [0, 0.05) is 15.4 Å². The molecule has 3 rings (SSSR count). The van der Waals surface area contributed by atoms with Gasteiger partial charge in [0.25, 0.3) is 0 Å². The lowest BCUT2D eigenvalue weighted by molar-refractivity contribution is 1.19. The van der Waals surface area contributed by atoms with Crippen LogP contribution >= 0.6 is 27.5 Å². The van der Waals surface area contributed by atoms with E-state index in [9.17, 15) is 0 Å². The van der Waals surface area contributed by atoms with Crippen molar-refractivity contribution in [2.45, 2.75) is 0 Å². The largest absolute Gasteiger partial charge is 0.308 e. The van der Waals surface area contributed by atoms with Gasteiger partial charge < -0.3 is 5.43 Å². The molecule has 3 aromatic rings. The first-order valence-electron chi connectivity index (χ1n) is 5.88. The zero-order chi connectivity index (χ0) is 14.1. The fourth-order valence-corrected chi connectivity index (χ4v) is 2.54. The van der Waals surface area contributed by atoms with E-state index in [1.807, 2.05) is 36.4 Å². The van der Waals surface area contributed by atoms with Gasteiger partial charge in [0.05, 0.1) is 10.5 Å². The maximum atomic E-state index is 6.22. The second kappa shape index (κ2) is 5.36. The van der Waals surface area contributed by atoms with Crippen molar-refractivity contribution in [3.63, 3.8) is 0 Å². The van der Waals surface area contributed by atoms with Gasteiger partial charge in [-0.2, -0.15) is 0 Å². The predicted octanol–water partition coefficient (Wildman–Crippen LogP) is 4.00. The van der Waals surface area contributed by atoms with E-state index in [0.29, 0.717) is 16.7 Å². The number of rotatable bonds is 2. The molecule has 0 aliphatic rings. The van der Waals surface area contributed by atoms with Crippen LogP contribution in [0.15, 0.2) is 46.9 Å². The minimum absolute atomic E-state index is 0.531. The maximum absolute atomic E-state index is 6.22. The van der Waals surface area contributed by atoms with Crippen LogP contribution in [0.2, 0.25) is 5.02 Å². The van der Waals surface area contributed by atoms with Gasteiger partial charge >= 0.3 is 0 Å². The van der Waals surface area contributed by atoms with Crippen LogP contribution in [0.5, 0.6) is 0 Å². The van der Waals surface area contributed by atoms with Crippen LogP contribution in [-0.2, 0) is 0 Å². The number of hydrogen-bond donors (Lipinski definition) is 2. The summed E-state index contributed by atoms with van der Waals surface area (Å²) < 4.78 is 0.913. The highest BCUT2D eigenvalue weighted by Gasteiger charge is 2.11. The molecule has 0 aliphatic heterocycles. The Morgan fingerprint density at radius 2 is 1.90 bits per heavy atom. The van der Waals surface area contributed by atoms with Crippen LogP contribution in [0.25, 0.3) is 22.3 Å². The molecule has 0 aliphatic carbocycles. The van der Waals surface area contributed by atoms with E-state index in [1.54, 1.807) is 6.07 Å². The molecule has 3 N–H and O–H groups in total. The van der Waals surface area contributed by atoms with Gasteiger partial charge in [0.2, 0.25) is 0 Å². The summed E-state index contributed by atoms with van der Waals surface area (Å²) in [5, 5.41) is 1.45. The molecule has 1 heterocycles. The molecule has 0 radical (unpaired) electrons. The summed E-state index contributed by atoms with van der Waals surface area (Å²) >= 11 is 9.65. The summed E-state index contributed by atoms with van der Waals surface area (Å²) in [5.74, 6) is 6.65. The molecule has 4 nitrogen and oxygen atoms in total. The van der Waals surface area contributed by atoms with Crippen LogP contribution in [-0.4, -0.2) is 9.97 Å². The fourth-order valence-electron chi connectivity index (χ4n) is 1.98. The Kier molecular flexibility index (Phi) is 3.56. The molecule has 0 fully saturated rings. The van der Waals surface area contributed by atoms with Crippen LogP contribution in [0.3, 0.4) is 0 Å². The number of nitrogens with one attached hydrogen (secondary N) is 1. The Morgan fingerprint density at radius 1 is 1.10 bits per heavy atom. The van der Waals surface area contributed by atoms with Gasteiger partial charge in [-0.05, 0) is 30.3 Å². The van der Waals surface area contributed by atoms with Crippen molar-refractivity contribution in [2.24, 2.45) is 5.84 Å². The first-order valence-corrected chi connectivity index (χ1v) is 7.05. The maximum Gasteiger partial charge on any atom is 0.163 e. The number of halogens is 2. The van der Waals surface area contributed by atoms with Crippen molar-refractivity contribution in [1.29, 1.82) is 0 Å². The normalized spacial score (nSPS) is 10.8. The molecule has 0 amide bonds. The molecule has 0 atom stereocenters. The Labute approximate surface area is 129 Å². The molecule has 6 heteroatoms. The number of anilines is 1. The van der Waals surface area contributed by atoms with E-state index >= 15 is 0 Å². The third-order valence-corrected chi connectivity index (χ3v) is 3.73. The Bertz CT molecular complexity index is 791. The first-order chi connectivity index (χ1) is 9.69. The van der Waals surface area contributed by atoms with Gasteiger partial charge in [0.1, 0.15) is 0 Å². The topological polar surface area (TPSA) is 63.8 Å².